The van der Waals surface area contributed by atoms with E-state index in [0.29, 0.717) is 38.1 Å². The molecule has 1 aromatic heterocycles. The van der Waals surface area contributed by atoms with Gasteiger partial charge in [0.1, 0.15) is 18.0 Å². The standard InChI is InChI=1S/C23H36N6O3/c1-2-32-23(31)28-12-9-19(10-13-28)27-22(30)8-5-17-4-3-11-29(15-17)21-14-20(24-16-25-21)26-18-6-7-18/h14,16-19H,2-13,15H2,1H3,(H,27,30)(H,24,25,26). The summed E-state index contributed by atoms with van der Waals surface area (Å²) in [5.74, 6) is 2.50. The molecule has 3 fully saturated rings. The third kappa shape index (κ3) is 6.46. The van der Waals surface area contributed by atoms with Crippen LogP contribution in [0.3, 0.4) is 0 Å². The topological polar surface area (TPSA) is 99.7 Å². The molecule has 1 saturated carbocycles. The van der Waals surface area contributed by atoms with Crippen molar-refractivity contribution in [2.75, 3.05) is 43.0 Å². The maximum atomic E-state index is 12.5. The summed E-state index contributed by atoms with van der Waals surface area (Å²) in [5, 5.41) is 6.61. The van der Waals surface area contributed by atoms with Gasteiger partial charge in [-0.3, -0.25) is 4.79 Å². The van der Waals surface area contributed by atoms with Crippen LogP contribution in [-0.4, -0.2) is 71.7 Å². The molecule has 3 aliphatic rings. The highest BCUT2D eigenvalue weighted by molar-refractivity contribution is 5.76. The van der Waals surface area contributed by atoms with E-state index in [1.807, 2.05) is 6.92 Å². The fourth-order valence-corrected chi connectivity index (χ4v) is 4.60. The van der Waals surface area contributed by atoms with Crippen LogP contribution in [0.2, 0.25) is 0 Å². The molecule has 3 heterocycles. The van der Waals surface area contributed by atoms with E-state index in [0.717, 1.165) is 56.8 Å². The summed E-state index contributed by atoms with van der Waals surface area (Å²) < 4.78 is 5.05. The highest BCUT2D eigenvalue weighted by atomic mass is 16.6. The van der Waals surface area contributed by atoms with Gasteiger partial charge in [-0.2, -0.15) is 0 Å². The molecule has 4 rings (SSSR count). The number of ether oxygens (including phenoxy) is 1. The summed E-state index contributed by atoms with van der Waals surface area (Å²) in [4.78, 5) is 37.2. The number of likely N-dealkylation sites (tertiary alicyclic amines) is 1. The van der Waals surface area contributed by atoms with Crippen LogP contribution >= 0.6 is 0 Å². The van der Waals surface area contributed by atoms with Crippen LogP contribution in [0.5, 0.6) is 0 Å². The number of amides is 2. The number of carbonyl (C=O) groups is 2. The number of rotatable bonds is 8. The second kappa shape index (κ2) is 10.8. The van der Waals surface area contributed by atoms with Gasteiger partial charge in [-0.15, -0.1) is 0 Å². The minimum Gasteiger partial charge on any atom is -0.450 e. The van der Waals surface area contributed by atoms with E-state index < -0.39 is 0 Å². The van der Waals surface area contributed by atoms with Crippen molar-refractivity contribution < 1.29 is 14.3 Å². The maximum absolute atomic E-state index is 12.5. The lowest BCUT2D eigenvalue weighted by Crippen LogP contribution is -2.46. The van der Waals surface area contributed by atoms with Crippen LogP contribution in [0.4, 0.5) is 16.4 Å². The van der Waals surface area contributed by atoms with Crippen molar-refractivity contribution >= 4 is 23.6 Å². The van der Waals surface area contributed by atoms with Crippen molar-refractivity contribution in [1.82, 2.24) is 20.2 Å². The molecule has 32 heavy (non-hydrogen) atoms. The van der Waals surface area contributed by atoms with Crippen LogP contribution in [0.15, 0.2) is 12.4 Å². The number of aromatic nitrogens is 2. The first-order valence-corrected chi connectivity index (χ1v) is 12.1. The zero-order valence-corrected chi connectivity index (χ0v) is 19.1. The Hall–Kier alpha value is -2.58. The second-order valence-electron chi connectivity index (χ2n) is 9.20. The van der Waals surface area contributed by atoms with Crippen LogP contribution in [0.1, 0.15) is 58.3 Å². The molecule has 2 N–H and O–H groups in total. The molecule has 2 amide bonds. The number of anilines is 2. The summed E-state index contributed by atoms with van der Waals surface area (Å²) in [5.41, 5.74) is 0. The highest BCUT2D eigenvalue weighted by Gasteiger charge is 2.26. The largest absolute Gasteiger partial charge is 0.450 e. The molecule has 0 bridgehead atoms. The Labute approximate surface area is 190 Å². The first-order chi connectivity index (χ1) is 15.6. The van der Waals surface area contributed by atoms with Crippen molar-refractivity contribution in [3.63, 3.8) is 0 Å². The van der Waals surface area contributed by atoms with Crippen molar-refractivity contribution in [2.45, 2.75) is 70.4 Å². The molecule has 0 radical (unpaired) electrons. The van der Waals surface area contributed by atoms with Gasteiger partial charge in [-0.25, -0.2) is 14.8 Å². The quantitative estimate of drug-likeness (QED) is 0.636. The van der Waals surface area contributed by atoms with E-state index in [1.165, 1.54) is 12.8 Å². The van der Waals surface area contributed by atoms with Gasteiger partial charge in [0, 0.05) is 50.7 Å². The maximum Gasteiger partial charge on any atom is 0.409 e. The molecule has 1 unspecified atom stereocenters. The van der Waals surface area contributed by atoms with E-state index in [4.69, 9.17) is 4.74 Å². The Kier molecular flexibility index (Phi) is 7.65. The van der Waals surface area contributed by atoms with Crippen LogP contribution in [0, 0.1) is 5.92 Å². The smallest absolute Gasteiger partial charge is 0.409 e. The number of hydrogen-bond acceptors (Lipinski definition) is 7. The van der Waals surface area contributed by atoms with Gasteiger partial charge in [-0.05, 0) is 57.8 Å². The normalized spacial score (nSPS) is 21.8. The zero-order valence-electron chi connectivity index (χ0n) is 19.1. The second-order valence-corrected chi connectivity index (χ2v) is 9.20. The molecule has 0 aromatic carbocycles. The van der Waals surface area contributed by atoms with Crippen LogP contribution in [0.25, 0.3) is 0 Å². The monoisotopic (exact) mass is 444 g/mol. The Balaban J connectivity index is 1.18. The lowest BCUT2D eigenvalue weighted by molar-refractivity contribution is -0.122. The minimum atomic E-state index is -0.252. The first-order valence-electron chi connectivity index (χ1n) is 12.1. The molecule has 1 atom stereocenters. The molecule has 9 heteroatoms. The molecule has 2 aliphatic heterocycles. The Morgan fingerprint density at radius 2 is 1.91 bits per heavy atom. The van der Waals surface area contributed by atoms with Crippen LogP contribution in [-0.2, 0) is 9.53 Å². The van der Waals surface area contributed by atoms with Gasteiger partial charge in [0.25, 0.3) is 0 Å². The van der Waals surface area contributed by atoms with Gasteiger partial charge < -0.3 is 25.2 Å². The third-order valence-corrected chi connectivity index (χ3v) is 6.59. The molecule has 9 nitrogen and oxygen atoms in total. The number of piperidine rings is 2. The summed E-state index contributed by atoms with van der Waals surface area (Å²) in [6.07, 6.45) is 9.11. The van der Waals surface area contributed by atoms with E-state index in [2.05, 4.69) is 31.6 Å². The fourth-order valence-electron chi connectivity index (χ4n) is 4.60. The Morgan fingerprint density at radius 1 is 1.09 bits per heavy atom. The Bertz CT molecular complexity index is 779. The molecule has 1 aromatic rings. The third-order valence-electron chi connectivity index (χ3n) is 6.59. The van der Waals surface area contributed by atoms with Gasteiger partial charge in [0.2, 0.25) is 5.91 Å². The van der Waals surface area contributed by atoms with E-state index in [9.17, 15) is 9.59 Å². The van der Waals surface area contributed by atoms with Gasteiger partial charge in [0.15, 0.2) is 0 Å². The molecule has 2 saturated heterocycles. The molecule has 0 spiro atoms. The lowest BCUT2D eigenvalue weighted by Gasteiger charge is -2.34. The van der Waals surface area contributed by atoms with E-state index in [-0.39, 0.29) is 18.0 Å². The predicted molar refractivity (Wildman–Crippen MR) is 123 cm³/mol. The van der Waals surface area contributed by atoms with Crippen molar-refractivity contribution in [3.05, 3.63) is 12.4 Å². The summed E-state index contributed by atoms with van der Waals surface area (Å²) in [6, 6.07) is 2.77. The number of hydrogen-bond donors (Lipinski definition) is 2. The van der Waals surface area contributed by atoms with Gasteiger partial charge in [0.05, 0.1) is 6.61 Å². The molecular formula is C23H36N6O3. The van der Waals surface area contributed by atoms with Gasteiger partial charge in [-0.1, -0.05) is 0 Å². The highest BCUT2D eigenvalue weighted by Crippen LogP contribution is 2.28. The first kappa shape index (κ1) is 22.6. The summed E-state index contributed by atoms with van der Waals surface area (Å²) in [7, 11) is 0. The number of carbonyl (C=O) groups excluding carboxylic acids is 2. The zero-order chi connectivity index (χ0) is 22.3. The average Bonchev–Trinajstić information content (AvgIpc) is 3.63. The number of nitrogens with zero attached hydrogens (tertiary/aromatic N) is 4. The van der Waals surface area contributed by atoms with Crippen molar-refractivity contribution in [1.29, 1.82) is 0 Å². The molecule has 1 aliphatic carbocycles. The number of nitrogens with one attached hydrogen (secondary N) is 2. The molecular weight excluding hydrogens is 408 g/mol. The van der Waals surface area contributed by atoms with E-state index >= 15 is 0 Å². The summed E-state index contributed by atoms with van der Waals surface area (Å²) >= 11 is 0. The SMILES string of the molecule is CCOC(=O)N1CCC(NC(=O)CCC2CCCN(c3cc(NC4CC4)ncn3)C2)CC1. The average molecular weight is 445 g/mol. The lowest BCUT2D eigenvalue weighted by atomic mass is 9.93. The fraction of sp³-hybridized carbons (Fsp3) is 0.739. The van der Waals surface area contributed by atoms with Crippen LogP contribution < -0.4 is 15.5 Å². The summed E-state index contributed by atoms with van der Waals surface area (Å²) in [6.45, 7) is 5.42. The predicted octanol–water partition coefficient (Wildman–Crippen LogP) is 2.78. The Morgan fingerprint density at radius 3 is 2.66 bits per heavy atom. The van der Waals surface area contributed by atoms with Crippen molar-refractivity contribution in [2.24, 2.45) is 5.92 Å². The van der Waals surface area contributed by atoms with E-state index in [1.54, 1.807) is 11.2 Å². The van der Waals surface area contributed by atoms with Gasteiger partial charge >= 0.3 is 6.09 Å². The van der Waals surface area contributed by atoms with Crippen molar-refractivity contribution in [3.8, 4) is 0 Å². The minimum absolute atomic E-state index is 0.120. The molecule has 176 valence electrons.